The minimum absolute atomic E-state index is 0.0208. The number of carbonyl (C=O) groups is 4. The fourth-order valence-corrected chi connectivity index (χ4v) is 8.33. The molecule has 4 fully saturated rings. The van der Waals surface area contributed by atoms with Gasteiger partial charge in [0.1, 0.15) is 5.75 Å². The lowest BCUT2D eigenvalue weighted by Crippen LogP contribution is -2.54. The Bertz CT molecular complexity index is 1860. The highest BCUT2D eigenvalue weighted by Gasteiger charge is 2.44. The van der Waals surface area contributed by atoms with Crippen LogP contribution < -0.4 is 27.0 Å². The summed E-state index contributed by atoms with van der Waals surface area (Å²) < 4.78 is 0. The van der Waals surface area contributed by atoms with Crippen molar-refractivity contribution in [2.75, 3.05) is 44.2 Å². The van der Waals surface area contributed by atoms with E-state index in [1.54, 1.807) is 24.3 Å². The molecule has 4 aliphatic rings. The third kappa shape index (κ3) is 9.71. The molecule has 0 radical (unpaired) electrons. The number of anilines is 1. The monoisotopic (exact) mass is 761 g/mol. The summed E-state index contributed by atoms with van der Waals surface area (Å²) in [4.78, 5) is 54.9. The maximum Gasteiger partial charge on any atom is 0.231 e. The molecular weight excluding hydrogens is 707 g/mol. The average molecular weight is 762 g/mol. The summed E-state index contributed by atoms with van der Waals surface area (Å²) in [7, 11) is 0. The van der Waals surface area contributed by atoms with E-state index in [9.17, 15) is 24.3 Å². The molecule has 3 heterocycles. The van der Waals surface area contributed by atoms with Crippen LogP contribution in [0.3, 0.4) is 0 Å². The first-order chi connectivity index (χ1) is 27.2. The summed E-state index contributed by atoms with van der Waals surface area (Å²) in [5.41, 5.74) is 15.7. The number of para-hydroxylation sites is 2. The van der Waals surface area contributed by atoms with Crippen molar-refractivity contribution in [3.05, 3.63) is 114 Å². The average Bonchev–Trinajstić information content (AvgIpc) is 3.24. The minimum atomic E-state index is -0.671. The van der Waals surface area contributed by atoms with Crippen molar-refractivity contribution in [1.82, 2.24) is 20.4 Å². The second kappa shape index (κ2) is 18.7. The van der Waals surface area contributed by atoms with Gasteiger partial charge in [0.15, 0.2) is 0 Å². The third-order valence-corrected chi connectivity index (χ3v) is 11.6. The highest BCUT2D eigenvalue weighted by molar-refractivity contribution is 5.97. The van der Waals surface area contributed by atoms with E-state index in [-0.39, 0.29) is 41.3 Å². The molecule has 296 valence electrons. The van der Waals surface area contributed by atoms with Crippen LogP contribution in [0.5, 0.6) is 5.75 Å². The molecular formula is C44H55N7O5. The van der Waals surface area contributed by atoms with Crippen LogP contribution in [-0.2, 0) is 24.6 Å². The van der Waals surface area contributed by atoms with Gasteiger partial charge in [0.25, 0.3) is 0 Å². The first-order valence-corrected chi connectivity index (χ1v) is 19.9. The van der Waals surface area contributed by atoms with Gasteiger partial charge in [-0.05, 0) is 80.9 Å². The second-order valence-corrected chi connectivity index (χ2v) is 15.1. The van der Waals surface area contributed by atoms with Gasteiger partial charge in [-0.15, -0.1) is 0 Å². The molecule has 12 heteroatoms. The minimum Gasteiger partial charge on any atom is -0.507 e. The second-order valence-electron chi connectivity index (χ2n) is 15.1. The molecule has 4 amide bonds. The molecule has 12 nitrogen and oxygen atoms in total. The van der Waals surface area contributed by atoms with Crippen molar-refractivity contribution < 1.29 is 24.3 Å². The summed E-state index contributed by atoms with van der Waals surface area (Å²) in [5, 5.41) is 15.9. The molecule has 3 aromatic carbocycles. The van der Waals surface area contributed by atoms with Crippen LogP contribution in [0.1, 0.15) is 68.9 Å². The van der Waals surface area contributed by atoms with Gasteiger partial charge in [-0.1, -0.05) is 60.7 Å². The maximum absolute atomic E-state index is 14.2. The van der Waals surface area contributed by atoms with Gasteiger partial charge < -0.3 is 36.6 Å². The number of allylic oxidation sites excluding steroid dienone is 1. The molecule has 0 unspecified atom stereocenters. The number of hydrogen-bond donors (Lipinski definition) is 5. The zero-order valence-electron chi connectivity index (χ0n) is 32.1. The highest BCUT2D eigenvalue weighted by Crippen LogP contribution is 2.38. The molecule has 0 bridgehead atoms. The molecule has 1 aliphatic carbocycles. The van der Waals surface area contributed by atoms with Gasteiger partial charge in [0, 0.05) is 87.2 Å². The number of nitrogens with one attached hydrogen (secondary N) is 2. The highest BCUT2D eigenvalue weighted by atomic mass is 16.3. The van der Waals surface area contributed by atoms with Gasteiger partial charge >= 0.3 is 0 Å². The Morgan fingerprint density at radius 1 is 0.768 bits per heavy atom. The van der Waals surface area contributed by atoms with E-state index in [1.807, 2.05) is 35.2 Å². The molecule has 7 N–H and O–H groups in total. The largest absolute Gasteiger partial charge is 0.507 e. The number of rotatable bonds is 8. The number of phenolic OH excluding ortho intramolecular Hbond substituents is 1. The molecule has 3 saturated heterocycles. The van der Waals surface area contributed by atoms with Crippen molar-refractivity contribution in [2.24, 2.45) is 17.4 Å². The summed E-state index contributed by atoms with van der Waals surface area (Å²) >= 11 is 0. The number of nitrogens with two attached hydrogens (primary N) is 2. The van der Waals surface area contributed by atoms with Crippen LogP contribution in [0.25, 0.3) is 5.70 Å². The number of hydrogen-bond acceptors (Lipinski definition) is 9. The predicted octanol–water partition coefficient (Wildman–Crippen LogP) is 4.36. The number of aromatic hydroxyl groups is 1. The van der Waals surface area contributed by atoms with Crippen LogP contribution >= 0.6 is 0 Å². The van der Waals surface area contributed by atoms with E-state index in [2.05, 4.69) is 56.8 Å². The molecule has 3 aliphatic heterocycles. The predicted molar refractivity (Wildman–Crippen MR) is 218 cm³/mol. The first kappa shape index (κ1) is 39.9. The Balaban J connectivity index is 0.000000592. The van der Waals surface area contributed by atoms with Crippen molar-refractivity contribution in [2.45, 2.75) is 69.2 Å². The Kier molecular flexibility index (Phi) is 13.3. The maximum atomic E-state index is 14.2. The zero-order valence-corrected chi connectivity index (χ0v) is 32.1. The van der Waals surface area contributed by atoms with Crippen LogP contribution in [0.2, 0.25) is 0 Å². The summed E-state index contributed by atoms with van der Waals surface area (Å²) in [6, 6.07) is 27.5. The molecule has 0 aromatic heterocycles. The van der Waals surface area contributed by atoms with Crippen LogP contribution in [0, 0.1) is 5.92 Å². The van der Waals surface area contributed by atoms with Crippen molar-refractivity contribution >= 4 is 35.0 Å². The summed E-state index contributed by atoms with van der Waals surface area (Å²) in [5.74, 6) is 0.181. The molecule has 1 saturated carbocycles. The lowest BCUT2D eigenvalue weighted by molar-refractivity contribution is -0.137. The molecule has 3 aromatic rings. The van der Waals surface area contributed by atoms with Crippen LogP contribution in [-0.4, -0.2) is 83.8 Å². The standard InChI is InChI=1S/C39H48N6O3.C5H7NO2/c40-28-33(27-35(41)34-13-7-8-14-36(34)46)43-21-19-39(20-22-43,30-9-3-1-4-10-30)38(48)42-31-17-15-29(16-18-31)37(47)45-25-23-44(24-26-45)32-11-5-2-6-12-32;7-4-2-1-3-5(8)6-4/h1-14,27-29,31,46H,15-26,40-41H2,(H,42,48);1-3H2,(H,6,7,8)/b33-28+,35-27-;. The van der Waals surface area contributed by atoms with Gasteiger partial charge in [0.2, 0.25) is 23.6 Å². The zero-order chi connectivity index (χ0) is 39.5. The quantitative estimate of drug-likeness (QED) is 0.165. The normalized spacial score (nSPS) is 21.7. The van der Waals surface area contributed by atoms with E-state index in [0.29, 0.717) is 56.5 Å². The number of benzene rings is 3. The number of carbonyl (C=O) groups excluding carboxylic acids is 4. The Labute approximate surface area is 329 Å². The van der Waals surface area contributed by atoms with Gasteiger partial charge in [-0.2, -0.15) is 0 Å². The van der Waals surface area contributed by atoms with Crippen LogP contribution in [0.15, 0.2) is 103 Å². The number of imide groups is 1. The Morgan fingerprint density at radius 3 is 1.93 bits per heavy atom. The van der Waals surface area contributed by atoms with Gasteiger partial charge in [-0.3, -0.25) is 24.5 Å². The molecule has 0 atom stereocenters. The van der Waals surface area contributed by atoms with Crippen molar-refractivity contribution in [3.8, 4) is 5.75 Å². The lowest BCUT2D eigenvalue weighted by atomic mass is 9.71. The Hall–Kier alpha value is -5.78. The lowest BCUT2D eigenvalue weighted by Gasteiger charge is -2.43. The number of amides is 4. The summed E-state index contributed by atoms with van der Waals surface area (Å²) in [6.45, 7) is 4.44. The Morgan fingerprint density at radius 2 is 1.36 bits per heavy atom. The molecule has 0 spiro atoms. The first-order valence-electron chi connectivity index (χ1n) is 19.9. The fraction of sp³-hybridized carbons (Fsp3) is 0.409. The fourth-order valence-electron chi connectivity index (χ4n) is 8.33. The number of piperidine rings is 2. The number of likely N-dealkylation sites (tertiary alicyclic amines) is 1. The smallest absolute Gasteiger partial charge is 0.231 e. The van der Waals surface area contributed by atoms with E-state index in [1.165, 1.54) is 11.9 Å². The number of nitrogens with zero attached hydrogens (tertiary/aromatic N) is 3. The van der Waals surface area contributed by atoms with E-state index in [4.69, 9.17) is 11.5 Å². The molecule has 7 rings (SSSR count). The number of phenols is 1. The van der Waals surface area contributed by atoms with Crippen molar-refractivity contribution in [3.63, 3.8) is 0 Å². The van der Waals surface area contributed by atoms with E-state index >= 15 is 0 Å². The van der Waals surface area contributed by atoms with E-state index in [0.717, 1.165) is 63.1 Å². The summed E-state index contributed by atoms with van der Waals surface area (Å²) in [6.07, 6.45) is 9.48. The SMILES string of the molecule is N/C=C(\C=C(/N)c1ccccc1O)N1CCC(C(=O)NC2CCC(C(=O)N3CCN(c4ccccc4)CC3)CC2)(c2ccccc2)CC1.O=C1CCCC(=O)N1. The van der Waals surface area contributed by atoms with Crippen LogP contribution in [0.4, 0.5) is 5.69 Å². The van der Waals surface area contributed by atoms with Gasteiger partial charge in [-0.25, -0.2) is 0 Å². The van der Waals surface area contributed by atoms with E-state index < -0.39 is 5.41 Å². The van der Waals surface area contributed by atoms with Gasteiger partial charge in [0.05, 0.1) is 11.1 Å². The van der Waals surface area contributed by atoms with Crippen molar-refractivity contribution in [1.29, 1.82) is 0 Å². The topological polar surface area (TPSA) is 174 Å². The third-order valence-electron chi connectivity index (χ3n) is 11.6. The molecule has 56 heavy (non-hydrogen) atoms. The number of piperazine rings is 1.